The second-order valence-electron chi connectivity index (χ2n) is 3.15. The molecule has 0 bridgehead atoms. The van der Waals surface area contributed by atoms with E-state index in [1.165, 1.54) is 17.7 Å². The Kier molecular flexibility index (Phi) is 2.06. The van der Waals surface area contributed by atoms with Crippen molar-refractivity contribution in [2.75, 3.05) is 0 Å². The topological polar surface area (TPSA) is 50.9 Å². The number of hydrazine groups is 1. The normalized spacial score (nSPS) is 21.9. The summed E-state index contributed by atoms with van der Waals surface area (Å²) in [7, 11) is 0. The van der Waals surface area contributed by atoms with Crippen LogP contribution in [-0.4, -0.2) is 4.98 Å². The van der Waals surface area contributed by atoms with Crippen molar-refractivity contribution in [1.82, 2.24) is 10.4 Å². The lowest BCUT2D eigenvalue weighted by atomic mass is 9.92. The van der Waals surface area contributed by atoms with Gasteiger partial charge in [-0.3, -0.25) is 16.3 Å². The number of hydrogen-bond donors (Lipinski definition) is 2. The first-order chi connectivity index (χ1) is 5.92. The van der Waals surface area contributed by atoms with Crippen LogP contribution in [0.25, 0.3) is 0 Å². The van der Waals surface area contributed by atoms with Crippen LogP contribution < -0.4 is 11.3 Å². The van der Waals surface area contributed by atoms with Crippen molar-refractivity contribution in [2.45, 2.75) is 25.3 Å². The Balaban J connectivity index is 2.37. The number of fused-ring (bicyclic) bond motifs is 1. The summed E-state index contributed by atoms with van der Waals surface area (Å²) in [4.78, 5) is 4.32. The molecule has 3 heteroatoms. The number of aryl methyl sites for hydroxylation is 1. The monoisotopic (exact) mass is 163 g/mol. The number of nitrogens with two attached hydrogens (primary N) is 1. The van der Waals surface area contributed by atoms with Crippen molar-refractivity contribution in [3.8, 4) is 0 Å². The van der Waals surface area contributed by atoms with E-state index in [0.29, 0.717) is 6.04 Å². The third kappa shape index (κ3) is 1.21. The molecule has 3 nitrogen and oxygen atoms in total. The standard InChI is InChI=1S/C9H13N3/c10-12-9-5-1-4-8-7(9)3-2-6-11-8/h2-3,6,9,12H,1,4-5,10H2/t9-/m1/s1. The van der Waals surface area contributed by atoms with Gasteiger partial charge in [-0.2, -0.15) is 0 Å². The zero-order chi connectivity index (χ0) is 8.39. The maximum Gasteiger partial charge on any atom is 0.0478 e. The zero-order valence-electron chi connectivity index (χ0n) is 6.96. The molecular formula is C9H13N3. The molecule has 0 spiro atoms. The fourth-order valence-electron chi connectivity index (χ4n) is 1.78. The molecule has 0 aliphatic heterocycles. The van der Waals surface area contributed by atoms with Crippen LogP contribution in [0.4, 0.5) is 0 Å². The fraction of sp³-hybridized carbons (Fsp3) is 0.444. The highest BCUT2D eigenvalue weighted by Crippen LogP contribution is 2.26. The first-order valence-electron chi connectivity index (χ1n) is 4.31. The van der Waals surface area contributed by atoms with Gasteiger partial charge in [0.15, 0.2) is 0 Å². The molecule has 12 heavy (non-hydrogen) atoms. The highest BCUT2D eigenvalue weighted by atomic mass is 15.2. The molecule has 1 aromatic heterocycles. The Hall–Kier alpha value is -0.930. The number of nitrogens with zero attached hydrogens (tertiary/aromatic N) is 1. The molecule has 1 aromatic rings. The third-order valence-electron chi connectivity index (χ3n) is 2.41. The molecule has 0 aromatic carbocycles. The van der Waals surface area contributed by atoms with Crippen molar-refractivity contribution in [3.05, 3.63) is 29.6 Å². The van der Waals surface area contributed by atoms with Crippen molar-refractivity contribution >= 4 is 0 Å². The van der Waals surface area contributed by atoms with E-state index in [1.807, 2.05) is 12.3 Å². The molecule has 0 saturated heterocycles. The SMILES string of the molecule is NN[C@@H]1CCCc2ncccc21. The summed E-state index contributed by atoms with van der Waals surface area (Å²) in [5.74, 6) is 5.44. The van der Waals surface area contributed by atoms with E-state index in [1.54, 1.807) is 0 Å². The summed E-state index contributed by atoms with van der Waals surface area (Å²) in [6.45, 7) is 0. The molecule has 2 rings (SSSR count). The van der Waals surface area contributed by atoms with Gasteiger partial charge in [-0.05, 0) is 30.9 Å². The van der Waals surface area contributed by atoms with E-state index >= 15 is 0 Å². The summed E-state index contributed by atoms with van der Waals surface area (Å²) >= 11 is 0. The van der Waals surface area contributed by atoms with E-state index in [2.05, 4.69) is 16.5 Å². The summed E-state index contributed by atoms with van der Waals surface area (Å²) in [6.07, 6.45) is 5.24. The number of rotatable bonds is 1. The van der Waals surface area contributed by atoms with Crippen molar-refractivity contribution < 1.29 is 0 Å². The predicted molar refractivity (Wildman–Crippen MR) is 47.2 cm³/mol. The average Bonchev–Trinajstić information content (AvgIpc) is 2.17. The summed E-state index contributed by atoms with van der Waals surface area (Å²) < 4.78 is 0. The Bertz CT molecular complexity index is 272. The van der Waals surface area contributed by atoms with Crippen molar-refractivity contribution in [3.63, 3.8) is 0 Å². The average molecular weight is 163 g/mol. The Morgan fingerprint density at radius 2 is 2.50 bits per heavy atom. The second kappa shape index (κ2) is 3.21. The van der Waals surface area contributed by atoms with Crippen LogP contribution >= 0.6 is 0 Å². The highest BCUT2D eigenvalue weighted by Gasteiger charge is 2.18. The Morgan fingerprint density at radius 3 is 3.33 bits per heavy atom. The predicted octanol–water partition coefficient (Wildman–Crippen LogP) is 0.922. The van der Waals surface area contributed by atoms with Crippen LogP contribution in [0.2, 0.25) is 0 Å². The molecule has 0 fully saturated rings. The second-order valence-corrected chi connectivity index (χ2v) is 3.15. The number of hydrogen-bond acceptors (Lipinski definition) is 3. The van der Waals surface area contributed by atoms with E-state index in [9.17, 15) is 0 Å². The van der Waals surface area contributed by atoms with Gasteiger partial charge in [0.1, 0.15) is 0 Å². The van der Waals surface area contributed by atoms with Gasteiger partial charge in [0.2, 0.25) is 0 Å². The minimum atomic E-state index is 0.308. The first-order valence-corrected chi connectivity index (χ1v) is 4.31. The molecule has 0 saturated carbocycles. The summed E-state index contributed by atoms with van der Waals surface area (Å²) in [6, 6.07) is 4.38. The fourth-order valence-corrected chi connectivity index (χ4v) is 1.78. The van der Waals surface area contributed by atoms with Gasteiger partial charge < -0.3 is 0 Å². The van der Waals surface area contributed by atoms with Crippen LogP contribution in [0.5, 0.6) is 0 Å². The first kappa shape index (κ1) is 7.71. The van der Waals surface area contributed by atoms with Gasteiger partial charge in [0.25, 0.3) is 0 Å². The van der Waals surface area contributed by atoms with Crippen LogP contribution in [-0.2, 0) is 6.42 Å². The Morgan fingerprint density at radius 1 is 1.58 bits per heavy atom. The molecule has 0 radical (unpaired) electrons. The molecule has 1 aliphatic carbocycles. The van der Waals surface area contributed by atoms with Gasteiger partial charge in [0, 0.05) is 17.9 Å². The van der Waals surface area contributed by atoms with Gasteiger partial charge in [0.05, 0.1) is 0 Å². The third-order valence-corrected chi connectivity index (χ3v) is 2.41. The van der Waals surface area contributed by atoms with E-state index in [-0.39, 0.29) is 0 Å². The number of pyridine rings is 1. The van der Waals surface area contributed by atoms with E-state index < -0.39 is 0 Å². The minimum absolute atomic E-state index is 0.308. The smallest absolute Gasteiger partial charge is 0.0478 e. The van der Waals surface area contributed by atoms with E-state index in [4.69, 9.17) is 5.84 Å². The molecule has 64 valence electrons. The van der Waals surface area contributed by atoms with E-state index in [0.717, 1.165) is 12.8 Å². The maximum atomic E-state index is 5.44. The minimum Gasteiger partial charge on any atom is -0.271 e. The molecule has 0 amide bonds. The lowest BCUT2D eigenvalue weighted by Gasteiger charge is -2.23. The van der Waals surface area contributed by atoms with Crippen LogP contribution in [0.1, 0.15) is 30.1 Å². The molecule has 0 unspecified atom stereocenters. The summed E-state index contributed by atoms with van der Waals surface area (Å²) in [5, 5.41) is 0. The molecule has 1 atom stereocenters. The van der Waals surface area contributed by atoms with Gasteiger partial charge >= 0.3 is 0 Å². The summed E-state index contributed by atoms with van der Waals surface area (Å²) in [5.41, 5.74) is 5.29. The quantitative estimate of drug-likeness (QED) is 0.478. The maximum absolute atomic E-state index is 5.44. The highest BCUT2D eigenvalue weighted by molar-refractivity contribution is 5.25. The Labute approximate surface area is 72.0 Å². The molecule has 3 N–H and O–H groups in total. The van der Waals surface area contributed by atoms with Crippen LogP contribution in [0, 0.1) is 0 Å². The number of aromatic nitrogens is 1. The largest absolute Gasteiger partial charge is 0.271 e. The lowest BCUT2D eigenvalue weighted by Crippen LogP contribution is -2.30. The van der Waals surface area contributed by atoms with Gasteiger partial charge in [-0.15, -0.1) is 0 Å². The van der Waals surface area contributed by atoms with Gasteiger partial charge in [-0.1, -0.05) is 6.07 Å². The number of nitrogens with one attached hydrogen (secondary N) is 1. The lowest BCUT2D eigenvalue weighted by molar-refractivity contribution is 0.466. The molecule has 1 aliphatic rings. The zero-order valence-corrected chi connectivity index (χ0v) is 6.96. The van der Waals surface area contributed by atoms with Crippen molar-refractivity contribution in [1.29, 1.82) is 0 Å². The van der Waals surface area contributed by atoms with Gasteiger partial charge in [-0.25, -0.2) is 0 Å². The van der Waals surface area contributed by atoms with Crippen LogP contribution in [0.3, 0.4) is 0 Å². The van der Waals surface area contributed by atoms with Crippen LogP contribution in [0.15, 0.2) is 18.3 Å². The van der Waals surface area contributed by atoms with Crippen molar-refractivity contribution in [2.24, 2.45) is 5.84 Å². The molecular weight excluding hydrogens is 150 g/mol. The molecule has 1 heterocycles.